The van der Waals surface area contributed by atoms with Gasteiger partial charge in [0, 0.05) is 11.5 Å². The first-order chi connectivity index (χ1) is 11.2. The van der Waals surface area contributed by atoms with Gasteiger partial charge in [0.2, 0.25) is 5.56 Å². The summed E-state index contributed by atoms with van der Waals surface area (Å²) in [7, 11) is 0. The number of rotatable bonds is 5. The standard InChI is InChI=1S/C18H14BrNO3/c19-15(10-21)13-6-8-16(18-14(13)7-9-17(22)20-18)23-11-12-4-2-1-3-5-12/h1-10,15H,11H2,(H,20,22). The van der Waals surface area contributed by atoms with Crippen LogP contribution in [0.25, 0.3) is 10.9 Å². The Labute approximate surface area is 141 Å². The Morgan fingerprint density at radius 2 is 1.87 bits per heavy atom. The number of halogens is 1. The van der Waals surface area contributed by atoms with Crippen LogP contribution in [0.1, 0.15) is 16.0 Å². The molecule has 5 heteroatoms. The number of hydrogen-bond acceptors (Lipinski definition) is 3. The van der Waals surface area contributed by atoms with Crippen molar-refractivity contribution >= 4 is 33.1 Å². The van der Waals surface area contributed by atoms with Gasteiger partial charge in [-0.2, -0.15) is 0 Å². The second kappa shape index (κ2) is 6.79. The van der Waals surface area contributed by atoms with Crippen LogP contribution in [-0.2, 0) is 11.4 Å². The predicted octanol–water partition coefficient (Wildman–Crippen LogP) is 3.74. The summed E-state index contributed by atoms with van der Waals surface area (Å²) in [5, 5.41) is 0.782. The van der Waals surface area contributed by atoms with Crippen molar-refractivity contribution in [2.45, 2.75) is 11.4 Å². The van der Waals surface area contributed by atoms with Crippen LogP contribution < -0.4 is 10.3 Å². The summed E-state index contributed by atoms with van der Waals surface area (Å²) in [6.07, 6.45) is 0.810. The molecular formula is C18H14BrNO3. The van der Waals surface area contributed by atoms with Crippen molar-refractivity contribution in [3.63, 3.8) is 0 Å². The van der Waals surface area contributed by atoms with E-state index in [4.69, 9.17) is 4.74 Å². The van der Waals surface area contributed by atoms with E-state index in [1.54, 1.807) is 12.1 Å². The molecule has 0 bridgehead atoms. The van der Waals surface area contributed by atoms with Gasteiger partial charge in [-0.3, -0.25) is 4.79 Å². The zero-order valence-electron chi connectivity index (χ0n) is 12.2. The Bertz CT molecular complexity index is 890. The van der Waals surface area contributed by atoms with E-state index in [0.29, 0.717) is 17.9 Å². The molecule has 2 aromatic carbocycles. The van der Waals surface area contributed by atoms with Crippen molar-refractivity contribution < 1.29 is 9.53 Å². The van der Waals surface area contributed by atoms with Gasteiger partial charge in [0.25, 0.3) is 0 Å². The van der Waals surface area contributed by atoms with Crippen LogP contribution in [0.5, 0.6) is 5.75 Å². The van der Waals surface area contributed by atoms with Crippen molar-refractivity contribution in [3.8, 4) is 5.75 Å². The number of ether oxygens (including phenoxy) is 1. The van der Waals surface area contributed by atoms with Gasteiger partial charge in [-0.1, -0.05) is 52.3 Å². The smallest absolute Gasteiger partial charge is 0.248 e. The molecule has 1 N–H and O–H groups in total. The van der Waals surface area contributed by atoms with Crippen molar-refractivity contribution in [3.05, 3.63) is 76.1 Å². The summed E-state index contributed by atoms with van der Waals surface area (Å²) < 4.78 is 5.85. The summed E-state index contributed by atoms with van der Waals surface area (Å²) in [6, 6.07) is 16.5. The normalized spacial score (nSPS) is 12.0. The number of alkyl halides is 1. The van der Waals surface area contributed by atoms with E-state index in [-0.39, 0.29) is 5.56 Å². The average Bonchev–Trinajstić information content (AvgIpc) is 2.59. The number of carbonyl (C=O) groups excluding carboxylic acids is 1. The second-order valence-corrected chi connectivity index (χ2v) is 6.06. The zero-order chi connectivity index (χ0) is 16.2. The SMILES string of the molecule is O=CC(Br)c1ccc(OCc2ccccc2)c2[nH]c(=O)ccc12. The molecule has 23 heavy (non-hydrogen) atoms. The molecule has 0 saturated carbocycles. The molecule has 0 aliphatic rings. The van der Waals surface area contributed by atoms with Gasteiger partial charge in [-0.05, 0) is 23.3 Å². The maximum absolute atomic E-state index is 11.7. The third-order valence-corrected chi connectivity index (χ3v) is 4.25. The number of nitrogens with one attached hydrogen (secondary N) is 1. The lowest BCUT2D eigenvalue weighted by molar-refractivity contribution is -0.107. The third kappa shape index (κ3) is 3.35. The number of H-pyrrole nitrogens is 1. The van der Waals surface area contributed by atoms with E-state index in [1.807, 2.05) is 36.4 Å². The van der Waals surface area contributed by atoms with Crippen LogP contribution >= 0.6 is 15.9 Å². The highest BCUT2D eigenvalue weighted by molar-refractivity contribution is 9.09. The fourth-order valence-electron chi connectivity index (χ4n) is 2.42. The van der Waals surface area contributed by atoms with Crippen LogP contribution in [0.4, 0.5) is 0 Å². The lowest BCUT2D eigenvalue weighted by Gasteiger charge is -2.13. The first-order valence-corrected chi connectivity index (χ1v) is 8.02. The summed E-state index contributed by atoms with van der Waals surface area (Å²) in [5.41, 5.74) is 2.21. The van der Waals surface area contributed by atoms with Gasteiger partial charge in [0.15, 0.2) is 0 Å². The Morgan fingerprint density at radius 1 is 1.09 bits per heavy atom. The minimum absolute atomic E-state index is 0.212. The lowest BCUT2D eigenvalue weighted by Crippen LogP contribution is -2.06. The Morgan fingerprint density at radius 3 is 2.61 bits per heavy atom. The van der Waals surface area contributed by atoms with Gasteiger partial charge in [-0.15, -0.1) is 0 Å². The zero-order valence-corrected chi connectivity index (χ0v) is 13.7. The van der Waals surface area contributed by atoms with Crippen LogP contribution in [-0.4, -0.2) is 11.3 Å². The van der Waals surface area contributed by atoms with Crippen LogP contribution in [0.15, 0.2) is 59.4 Å². The number of fused-ring (bicyclic) bond motifs is 1. The monoisotopic (exact) mass is 371 g/mol. The molecule has 3 aromatic rings. The molecular weight excluding hydrogens is 358 g/mol. The molecule has 0 aliphatic heterocycles. The van der Waals surface area contributed by atoms with E-state index in [0.717, 1.165) is 22.8 Å². The van der Waals surface area contributed by atoms with E-state index in [9.17, 15) is 9.59 Å². The summed E-state index contributed by atoms with van der Waals surface area (Å²) in [5.74, 6) is 0.580. The number of benzene rings is 2. The molecule has 1 aromatic heterocycles. The van der Waals surface area contributed by atoms with Gasteiger partial charge in [0.1, 0.15) is 18.6 Å². The maximum Gasteiger partial charge on any atom is 0.248 e. The highest BCUT2D eigenvalue weighted by Gasteiger charge is 2.14. The number of aromatic amines is 1. The molecule has 116 valence electrons. The third-order valence-electron chi connectivity index (χ3n) is 3.54. The largest absolute Gasteiger partial charge is 0.487 e. The van der Waals surface area contributed by atoms with Crippen LogP contribution in [0.3, 0.4) is 0 Å². The summed E-state index contributed by atoms with van der Waals surface area (Å²) in [6.45, 7) is 0.400. The van der Waals surface area contributed by atoms with Gasteiger partial charge in [-0.25, -0.2) is 0 Å². The molecule has 1 unspecified atom stereocenters. The molecule has 3 rings (SSSR count). The molecule has 0 fully saturated rings. The number of pyridine rings is 1. The van der Waals surface area contributed by atoms with Gasteiger partial charge < -0.3 is 14.5 Å². The van der Waals surface area contributed by atoms with Crippen molar-refractivity contribution in [1.29, 1.82) is 0 Å². The Balaban J connectivity index is 2.02. The molecule has 1 atom stereocenters. The lowest BCUT2D eigenvalue weighted by atomic mass is 10.1. The molecule has 1 heterocycles. The second-order valence-electron chi connectivity index (χ2n) is 5.08. The number of aldehydes is 1. The predicted molar refractivity (Wildman–Crippen MR) is 93.1 cm³/mol. The van der Waals surface area contributed by atoms with Crippen LogP contribution in [0, 0.1) is 0 Å². The topological polar surface area (TPSA) is 59.2 Å². The quantitative estimate of drug-likeness (QED) is 0.548. The highest BCUT2D eigenvalue weighted by atomic mass is 79.9. The minimum Gasteiger partial charge on any atom is -0.487 e. The first kappa shape index (κ1) is 15.5. The van der Waals surface area contributed by atoms with E-state index >= 15 is 0 Å². The minimum atomic E-state index is -0.431. The average molecular weight is 372 g/mol. The number of aromatic nitrogens is 1. The van der Waals surface area contributed by atoms with E-state index in [2.05, 4.69) is 20.9 Å². The molecule has 0 saturated heterocycles. The van der Waals surface area contributed by atoms with E-state index in [1.165, 1.54) is 6.07 Å². The summed E-state index contributed by atoms with van der Waals surface area (Å²) in [4.78, 5) is 25.1. The molecule has 0 amide bonds. The highest BCUT2D eigenvalue weighted by Crippen LogP contribution is 2.32. The molecule has 0 aliphatic carbocycles. The number of carbonyl (C=O) groups is 1. The fraction of sp³-hybridized carbons (Fsp3) is 0.111. The van der Waals surface area contributed by atoms with E-state index < -0.39 is 4.83 Å². The first-order valence-electron chi connectivity index (χ1n) is 7.11. The Kier molecular flexibility index (Phi) is 4.57. The molecule has 0 radical (unpaired) electrons. The number of hydrogen-bond donors (Lipinski definition) is 1. The maximum atomic E-state index is 11.7. The van der Waals surface area contributed by atoms with Gasteiger partial charge >= 0.3 is 0 Å². The molecule has 4 nitrogen and oxygen atoms in total. The van der Waals surface area contributed by atoms with Crippen molar-refractivity contribution in [2.75, 3.05) is 0 Å². The molecule has 0 spiro atoms. The fourth-order valence-corrected chi connectivity index (χ4v) is 2.82. The van der Waals surface area contributed by atoms with Crippen molar-refractivity contribution in [2.24, 2.45) is 0 Å². The van der Waals surface area contributed by atoms with Crippen LogP contribution in [0.2, 0.25) is 0 Å². The summed E-state index contributed by atoms with van der Waals surface area (Å²) >= 11 is 3.32. The van der Waals surface area contributed by atoms with Crippen molar-refractivity contribution in [1.82, 2.24) is 4.98 Å². The Hall–Kier alpha value is -2.40. The van der Waals surface area contributed by atoms with Gasteiger partial charge in [0.05, 0.1) is 10.3 Å².